The minimum absolute atomic E-state index is 0.251. The number of alkyl halides is 1. The number of hydrogen-bond acceptors (Lipinski definition) is 3. The lowest BCUT2D eigenvalue weighted by Gasteiger charge is -2.17. The molecule has 0 saturated heterocycles. The molecule has 0 aromatic heterocycles. The van der Waals surface area contributed by atoms with Crippen molar-refractivity contribution >= 4 is 22.7 Å². The van der Waals surface area contributed by atoms with Gasteiger partial charge in [-0.1, -0.05) is 54.6 Å². The van der Waals surface area contributed by atoms with Gasteiger partial charge in [0.25, 0.3) is 0 Å². The molecule has 156 valence electrons. The zero-order chi connectivity index (χ0) is 21.3. The quantitative estimate of drug-likeness (QED) is 0.344. The van der Waals surface area contributed by atoms with Gasteiger partial charge in [-0.05, 0) is 72.6 Å². The van der Waals surface area contributed by atoms with Gasteiger partial charge in [-0.3, -0.25) is 0 Å². The van der Waals surface area contributed by atoms with Crippen molar-refractivity contribution in [2.45, 2.75) is 6.42 Å². The third-order valence-corrected chi connectivity index (χ3v) is 5.06. The number of phenolic OH excluding ortho intramolecular Hbond substituents is 1. The first-order valence-corrected chi connectivity index (χ1v) is 10.6. The van der Waals surface area contributed by atoms with Crippen molar-refractivity contribution in [3.05, 3.63) is 95.6 Å². The van der Waals surface area contributed by atoms with Crippen molar-refractivity contribution < 1.29 is 9.84 Å². The van der Waals surface area contributed by atoms with E-state index in [1.54, 1.807) is 12.1 Å². The van der Waals surface area contributed by atoms with E-state index in [4.69, 9.17) is 16.3 Å². The molecule has 3 nitrogen and oxygen atoms in total. The van der Waals surface area contributed by atoms with Crippen LogP contribution in [0.5, 0.6) is 11.5 Å². The van der Waals surface area contributed by atoms with Crippen LogP contribution >= 0.6 is 11.6 Å². The second-order valence-electron chi connectivity index (χ2n) is 7.38. The summed E-state index contributed by atoms with van der Waals surface area (Å²) in [6.45, 7) is 1.52. The van der Waals surface area contributed by atoms with E-state index < -0.39 is 0 Å². The van der Waals surface area contributed by atoms with Crippen LogP contribution in [0.25, 0.3) is 11.1 Å². The second-order valence-corrected chi connectivity index (χ2v) is 7.76. The van der Waals surface area contributed by atoms with Crippen molar-refractivity contribution in [3.8, 4) is 11.5 Å². The Morgan fingerprint density at radius 2 is 1.43 bits per heavy atom. The maximum absolute atomic E-state index is 9.77. The van der Waals surface area contributed by atoms with Crippen LogP contribution in [0.4, 0.5) is 0 Å². The third-order valence-electron chi connectivity index (χ3n) is 4.87. The van der Waals surface area contributed by atoms with Crippen LogP contribution < -0.4 is 4.74 Å². The summed E-state index contributed by atoms with van der Waals surface area (Å²) < 4.78 is 5.85. The fraction of sp³-hybridized carbons (Fsp3) is 0.231. The van der Waals surface area contributed by atoms with Crippen molar-refractivity contribution in [2.24, 2.45) is 0 Å². The molecular weight excluding hydrogens is 394 g/mol. The molecule has 0 fully saturated rings. The molecule has 30 heavy (non-hydrogen) atoms. The van der Waals surface area contributed by atoms with Gasteiger partial charge in [-0.2, -0.15) is 0 Å². The molecule has 0 bridgehead atoms. The number of phenols is 1. The van der Waals surface area contributed by atoms with E-state index in [0.717, 1.165) is 41.0 Å². The Morgan fingerprint density at radius 3 is 2.00 bits per heavy atom. The number of nitrogens with zero attached hydrogens (tertiary/aromatic N) is 1. The first-order chi connectivity index (χ1) is 14.6. The average Bonchev–Trinajstić information content (AvgIpc) is 2.76. The van der Waals surface area contributed by atoms with E-state index in [0.29, 0.717) is 12.5 Å². The molecule has 3 rings (SSSR count). The number of rotatable bonds is 9. The standard InChI is InChI=1S/C26H28ClNO2/c1-28(2)18-19-30-24-14-10-22(11-15-24)26(21-8-12-23(29)13-9-21)25(16-17-27)20-6-4-3-5-7-20/h3-15,29H,16-19H2,1-2H3/b26-25+. The SMILES string of the molecule is CN(C)CCOc1ccc(/C(=C(\CCCl)c2ccccc2)c2ccc(O)cc2)cc1. The topological polar surface area (TPSA) is 32.7 Å². The Kier molecular flexibility index (Phi) is 7.95. The summed E-state index contributed by atoms with van der Waals surface area (Å²) in [5.74, 6) is 1.63. The molecule has 3 aromatic rings. The van der Waals surface area contributed by atoms with E-state index in [1.807, 2.05) is 56.6 Å². The summed E-state index contributed by atoms with van der Waals surface area (Å²) in [6.07, 6.45) is 0.739. The number of hydrogen-bond donors (Lipinski definition) is 1. The predicted molar refractivity (Wildman–Crippen MR) is 126 cm³/mol. The second kappa shape index (κ2) is 10.9. The minimum atomic E-state index is 0.251. The predicted octanol–water partition coefficient (Wildman–Crippen LogP) is 5.92. The smallest absolute Gasteiger partial charge is 0.119 e. The highest BCUT2D eigenvalue weighted by Gasteiger charge is 2.14. The lowest BCUT2D eigenvalue weighted by atomic mass is 9.88. The number of benzene rings is 3. The molecule has 0 spiro atoms. The van der Waals surface area contributed by atoms with Gasteiger partial charge < -0.3 is 14.7 Å². The zero-order valence-electron chi connectivity index (χ0n) is 17.5. The molecule has 0 heterocycles. The van der Waals surface area contributed by atoms with E-state index in [2.05, 4.69) is 29.2 Å². The first-order valence-electron chi connectivity index (χ1n) is 10.1. The van der Waals surface area contributed by atoms with Crippen LogP contribution in [0.2, 0.25) is 0 Å². The average molecular weight is 422 g/mol. The van der Waals surface area contributed by atoms with Gasteiger partial charge in [0, 0.05) is 12.4 Å². The molecule has 0 saturated carbocycles. The monoisotopic (exact) mass is 421 g/mol. The van der Waals surface area contributed by atoms with Crippen molar-refractivity contribution in [3.63, 3.8) is 0 Å². The molecule has 3 aromatic carbocycles. The van der Waals surface area contributed by atoms with Crippen LogP contribution in [0.15, 0.2) is 78.9 Å². The molecule has 0 aliphatic rings. The summed E-state index contributed by atoms with van der Waals surface area (Å²) in [5.41, 5.74) is 5.56. The Bertz CT molecular complexity index is 949. The molecule has 0 aliphatic carbocycles. The molecule has 0 radical (unpaired) electrons. The zero-order valence-corrected chi connectivity index (χ0v) is 18.3. The highest BCUT2D eigenvalue weighted by molar-refractivity contribution is 6.18. The normalized spacial score (nSPS) is 12.0. The first kappa shape index (κ1) is 21.9. The van der Waals surface area contributed by atoms with E-state index >= 15 is 0 Å². The van der Waals surface area contributed by atoms with Crippen molar-refractivity contribution in [1.82, 2.24) is 4.90 Å². The summed E-state index contributed by atoms with van der Waals surface area (Å²) in [7, 11) is 4.06. The van der Waals surface area contributed by atoms with Crippen LogP contribution in [0, 0.1) is 0 Å². The largest absolute Gasteiger partial charge is 0.508 e. The van der Waals surface area contributed by atoms with E-state index in [1.165, 1.54) is 5.57 Å². The molecule has 0 aliphatic heterocycles. The number of ether oxygens (including phenoxy) is 1. The fourth-order valence-electron chi connectivity index (χ4n) is 3.35. The minimum Gasteiger partial charge on any atom is -0.508 e. The highest BCUT2D eigenvalue weighted by atomic mass is 35.5. The molecule has 1 N–H and O–H groups in total. The van der Waals surface area contributed by atoms with E-state index in [9.17, 15) is 5.11 Å². The van der Waals surface area contributed by atoms with Crippen LogP contribution in [-0.2, 0) is 0 Å². The van der Waals surface area contributed by atoms with Gasteiger partial charge in [0.05, 0.1) is 0 Å². The van der Waals surface area contributed by atoms with Crippen molar-refractivity contribution in [1.29, 1.82) is 0 Å². The summed E-state index contributed by atoms with van der Waals surface area (Å²) in [4.78, 5) is 2.10. The lowest BCUT2D eigenvalue weighted by molar-refractivity contribution is 0.261. The van der Waals surface area contributed by atoms with Gasteiger partial charge in [-0.15, -0.1) is 11.6 Å². The van der Waals surface area contributed by atoms with Gasteiger partial charge in [0.15, 0.2) is 0 Å². The summed E-state index contributed by atoms with van der Waals surface area (Å²) in [6, 6.07) is 25.9. The Balaban J connectivity index is 2.04. The molecule has 0 atom stereocenters. The van der Waals surface area contributed by atoms with Crippen LogP contribution in [0.3, 0.4) is 0 Å². The maximum Gasteiger partial charge on any atom is 0.119 e. The Labute approximate surface area is 184 Å². The van der Waals surface area contributed by atoms with Crippen LogP contribution in [0.1, 0.15) is 23.1 Å². The van der Waals surface area contributed by atoms with Gasteiger partial charge in [0.2, 0.25) is 0 Å². The van der Waals surface area contributed by atoms with Gasteiger partial charge in [-0.25, -0.2) is 0 Å². The summed E-state index contributed by atoms with van der Waals surface area (Å²) in [5, 5.41) is 9.77. The number of aromatic hydroxyl groups is 1. The van der Waals surface area contributed by atoms with E-state index in [-0.39, 0.29) is 5.75 Å². The molecule has 0 unspecified atom stereocenters. The highest BCUT2D eigenvalue weighted by Crippen LogP contribution is 2.35. The third kappa shape index (κ3) is 5.88. The lowest BCUT2D eigenvalue weighted by Crippen LogP contribution is -2.19. The molecule has 4 heteroatoms. The van der Waals surface area contributed by atoms with Gasteiger partial charge >= 0.3 is 0 Å². The summed E-state index contributed by atoms with van der Waals surface area (Å²) >= 11 is 6.20. The number of halogens is 1. The number of likely N-dealkylation sites (N-methyl/N-ethyl adjacent to an activating group) is 1. The Hall–Kier alpha value is -2.75. The molecule has 0 amide bonds. The number of allylic oxidation sites excluding steroid dienone is 1. The Morgan fingerprint density at radius 1 is 0.833 bits per heavy atom. The van der Waals surface area contributed by atoms with Gasteiger partial charge in [0.1, 0.15) is 18.1 Å². The maximum atomic E-state index is 9.77. The van der Waals surface area contributed by atoms with Crippen LogP contribution in [-0.4, -0.2) is 43.1 Å². The fourth-order valence-corrected chi connectivity index (χ4v) is 3.54. The van der Waals surface area contributed by atoms with Crippen molar-refractivity contribution in [2.75, 3.05) is 33.1 Å². The molecular formula is C26H28ClNO2.